The van der Waals surface area contributed by atoms with Crippen LogP contribution in [0.4, 0.5) is 0 Å². The molecule has 1 heterocycles. The minimum Gasteiger partial charge on any atom is -0.353 e. The van der Waals surface area contributed by atoms with E-state index in [4.69, 9.17) is 0 Å². The Morgan fingerprint density at radius 1 is 1.05 bits per heavy atom. The highest BCUT2D eigenvalue weighted by Crippen LogP contribution is 2.22. The van der Waals surface area contributed by atoms with Gasteiger partial charge in [-0.15, -0.1) is 0 Å². The molecule has 2 N–H and O–H groups in total. The standard InChI is InChI=1S/C28H39N3O7/c1-4-18(5-2)8-10-22(33)17-31-14-6-7-20(28(31)38)16-25(35)23(12-13-24(34)27(37)29-3)30-26(36)19-9-11-21(32)15-19/h6-7,14,18-19,23H,4-5,8-13,15-17H2,1-3H3,(H,29,37)(H,30,36)/t19-,23-/m0/s1. The lowest BCUT2D eigenvalue weighted by Crippen LogP contribution is -2.45. The minimum atomic E-state index is -1.11. The second-order valence-corrected chi connectivity index (χ2v) is 9.95. The molecule has 2 atom stereocenters. The molecule has 1 aliphatic carbocycles. The number of aromatic nitrogens is 1. The summed E-state index contributed by atoms with van der Waals surface area (Å²) in [5, 5.41) is 4.86. The van der Waals surface area contributed by atoms with Crippen LogP contribution in [0.15, 0.2) is 23.1 Å². The number of Topliss-reactive ketones (excluding diaryl/α,β-unsaturated/α-hetero) is 4. The van der Waals surface area contributed by atoms with Crippen molar-refractivity contribution < 1.29 is 28.8 Å². The molecular weight excluding hydrogens is 490 g/mol. The van der Waals surface area contributed by atoms with Crippen molar-refractivity contribution in [2.24, 2.45) is 11.8 Å². The van der Waals surface area contributed by atoms with Gasteiger partial charge in [0, 0.05) is 56.8 Å². The zero-order valence-corrected chi connectivity index (χ0v) is 22.5. The number of nitrogens with one attached hydrogen (secondary N) is 2. The largest absolute Gasteiger partial charge is 0.353 e. The number of nitrogens with zero attached hydrogens (tertiary/aromatic N) is 1. The van der Waals surface area contributed by atoms with Crippen LogP contribution in [0.5, 0.6) is 0 Å². The molecule has 1 saturated carbocycles. The molecule has 208 valence electrons. The minimum absolute atomic E-state index is 0.0258. The summed E-state index contributed by atoms with van der Waals surface area (Å²) in [6.07, 6.45) is 4.70. The summed E-state index contributed by atoms with van der Waals surface area (Å²) < 4.78 is 1.28. The molecule has 1 aromatic heterocycles. The second-order valence-electron chi connectivity index (χ2n) is 9.95. The Balaban J connectivity index is 2.12. The molecule has 0 unspecified atom stereocenters. The maximum absolute atomic E-state index is 13.2. The molecule has 10 heteroatoms. The lowest BCUT2D eigenvalue weighted by atomic mass is 9.96. The second kappa shape index (κ2) is 15.1. The fourth-order valence-corrected chi connectivity index (χ4v) is 4.66. The Kier molecular flexibility index (Phi) is 12.2. The molecule has 1 aliphatic rings. The summed E-state index contributed by atoms with van der Waals surface area (Å²) in [7, 11) is 1.32. The predicted octanol–water partition coefficient (Wildman–Crippen LogP) is 1.69. The maximum Gasteiger partial charge on any atom is 0.287 e. The van der Waals surface area contributed by atoms with E-state index in [-0.39, 0.29) is 49.4 Å². The van der Waals surface area contributed by atoms with E-state index in [2.05, 4.69) is 24.5 Å². The van der Waals surface area contributed by atoms with Crippen LogP contribution in [0.1, 0.15) is 77.2 Å². The van der Waals surface area contributed by atoms with Crippen LogP contribution >= 0.6 is 0 Å². The van der Waals surface area contributed by atoms with Crippen LogP contribution in [0.2, 0.25) is 0 Å². The first kappa shape index (κ1) is 30.8. The van der Waals surface area contributed by atoms with E-state index in [1.165, 1.54) is 23.9 Å². The quantitative estimate of drug-likeness (QED) is 0.310. The molecule has 0 saturated heterocycles. The third kappa shape index (κ3) is 9.15. The molecule has 0 aromatic carbocycles. The Bertz CT molecular complexity index is 1100. The van der Waals surface area contributed by atoms with Crippen LogP contribution in [0.3, 0.4) is 0 Å². The molecule has 0 radical (unpaired) electrons. The van der Waals surface area contributed by atoms with E-state index in [9.17, 15) is 33.6 Å². The van der Waals surface area contributed by atoms with E-state index in [1.807, 2.05) is 0 Å². The van der Waals surface area contributed by atoms with E-state index in [0.717, 1.165) is 19.3 Å². The topological polar surface area (TPSA) is 148 Å². The number of amides is 2. The molecule has 0 aliphatic heterocycles. The lowest BCUT2D eigenvalue weighted by molar-refractivity contribution is -0.138. The summed E-state index contributed by atoms with van der Waals surface area (Å²) in [4.78, 5) is 86.6. The molecular formula is C28H39N3O7. The van der Waals surface area contributed by atoms with Crippen LogP contribution in [-0.2, 0) is 41.7 Å². The molecule has 0 bridgehead atoms. The number of carbonyl (C=O) groups is 6. The van der Waals surface area contributed by atoms with Crippen LogP contribution < -0.4 is 16.2 Å². The zero-order chi connectivity index (χ0) is 28.2. The zero-order valence-electron chi connectivity index (χ0n) is 22.5. The van der Waals surface area contributed by atoms with Gasteiger partial charge >= 0.3 is 0 Å². The maximum atomic E-state index is 13.2. The van der Waals surface area contributed by atoms with Crippen molar-refractivity contribution in [2.75, 3.05) is 7.05 Å². The third-order valence-corrected chi connectivity index (χ3v) is 7.26. The summed E-state index contributed by atoms with van der Waals surface area (Å²) in [6.45, 7) is 4.08. The lowest BCUT2D eigenvalue weighted by Gasteiger charge is -2.19. The van der Waals surface area contributed by atoms with E-state index >= 15 is 0 Å². The third-order valence-electron chi connectivity index (χ3n) is 7.26. The monoisotopic (exact) mass is 529 g/mol. The Hall–Kier alpha value is -3.43. The van der Waals surface area contributed by atoms with Gasteiger partial charge in [-0.1, -0.05) is 32.8 Å². The first-order chi connectivity index (χ1) is 18.1. The number of hydrogen-bond donors (Lipinski definition) is 2. The van der Waals surface area contributed by atoms with Gasteiger partial charge < -0.3 is 15.2 Å². The van der Waals surface area contributed by atoms with E-state index < -0.39 is 40.9 Å². The predicted molar refractivity (Wildman–Crippen MR) is 140 cm³/mol. The van der Waals surface area contributed by atoms with Gasteiger partial charge in [-0.05, 0) is 31.2 Å². The average molecular weight is 530 g/mol. The van der Waals surface area contributed by atoms with Crippen molar-refractivity contribution in [1.82, 2.24) is 15.2 Å². The highest BCUT2D eigenvalue weighted by molar-refractivity contribution is 6.36. The van der Waals surface area contributed by atoms with Crippen molar-refractivity contribution >= 4 is 34.9 Å². The fourth-order valence-electron chi connectivity index (χ4n) is 4.66. The summed E-state index contributed by atoms with van der Waals surface area (Å²) in [6, 6.07) is 1.97. The smallest absolute Gasteiger partial charge is 0.287 e. The number of carbonyl (C=O) groups excluding carboxylic acids is 6. The van der Waals surface area contributed by atoms with Crippen molar-refractivity contribution in [3.05, 3.63) is 34.2 Å². The van der Waals surface area contributed by atoms with Gasteiger partial charge in [0.2, 0.25) is 11.7 Å². The number of likely N-dealkylation sites (N-methyl/N-ethyl adjacent to an activating group) is 1. The van der Waals surface area contributed by atoms with Crippen LogP contribution in [-0.4, -0.2) is 52.6 Å². The average Bonchev–Trinajstić information content (AvgIpc) is 3.34. The van der Waals surface area contributed by atoms with Gasteiger partial charge in [-0.25, -0.2) is 0 Å². The number of ketones is 4. The van der Waals surface area contributed by atoms with Gasteiger partial charge in [-0.2, -0.15) is 0 Å². The normalized spacial score (nSPS) is 15.8. The molecule has 1 aromatic rings. The molecule has 0 spiro atoms. The Labute approximate surface area is 222 Å². The number of rotatable bonds is 16. The molecule has 38 heavy (non-hydrogen) atoms. The van der Waals surface area contributed by atoms with Gasteiger partial charge in [0.25, 0.3) is 11.5 Å². The number of pyridine rings is 1. The molecule has 2 rings (SSSR count). The van der Waals surface area contributed by atoms with Crippen molar-refractivity contribution in [3.63, 3.8) is 0 Å². The van der Waals surface area contributed by atoms with Crippen LogP contribution in [0.25, 0.3) is 0 Å². The van der Waals surface area contributed by atoms with E-state index in [0.29, 0.717) is 25.2 Å². The Morgan fingerprint density at radius 3 is 2.37 bits per heavy atom. The van der Waals surface area contributed by atoms with Crippen LogP contribution in [0, 0.1) is 11.8 Å². The molecule has 1 fully saturated rings. The molecule has 10 nitrogen and oxygen atoms in total. The van der Waals surface area contributed by atoms with Gasteiger partial charge in [0.15, 0.2) is 11.6 Å². The van der Waals surface area contributed by atoms with Gasteiger partial charge in [-0.3, -0.25) is 33.6 Å². The SMILES string of the molecule is CCC(CC)CCC(=O)Cn1cccc(CC(=O)[C@H](CCC(=O)C(=O)NC)NC(=O)[C@H]2CCC(=O)C2)c1=O. The van der Waals surface area contributed by atoms with Crippen molar-refractivity contribution in [1.29, 1.82) is 0 Å². The highest BCUT2D eigenvalue weighted by atomic mass is 16.2. The highest BCUT2D eigenvalue weighted by Gasteiger charge is 2.31. The van der Waals surface area contributed by atoms with E-state index in [1.54, 1.807) is 6.07 Å². The summed E-state index contributed by atoms with van der Waals surface area (Å²) >= 11 is 0. The molecule has 2 amide bonds. The van der Waals surface area contributed by atoms with Crippen molar-refractivity contribution in [2.45, 2.75) is 90.6 Å². The summed E-state index contributed by atoms with van der Waals surface area (Å²) in [5.74, 6) is -2.67. The first-order valence-electron chi connectivity index (χ1n) is 13.4. The first-order valence-corrected chi connectivity index (χ1v) is 13.4. The summed E-state index contributed by atoms with van der Waals surface area (Å²) in [5.41, 5.74) is -0.303. The van der Waals surface area contributed by atoms with Crippen molar-refractivity contribution in [3.8, 4) is 0 Å². The van der Waals surface area contributed by atoms with Gasteiger partial charge in [0.05, 0.1) is 12.6 Å². The van der Waals surface area contributed by atoms with Gasteiger partial charge in [0.1, 0.15) is 5.78 Å². The number of hydrogen-bond acceptors (Lipinski definition) is 7. The Morgan fingerprint density at radius 2 is 1.76 bits per heavy atom. The fraction of sp³-hybridized carbons (Fsp3) is 0.607.